The summed E-state index contributed by atoms with van der Waals surface area (Å²) in [6.07, 6.45) is -3.21. The molecule has 1 radical (unpaired) electrons. The summed E-state index contributed by atoms with van der Waals surface area (Å²) in [6.45, 7) is 1.76. The molecular formula is C6H7F3NO. The second-order valence-electron chi connectivity index (χ2n) is 2.22. The third-order valence-corrected chi connectivity index (χ3v) is 1.16. The van der Waals surface area contributed by atoms with Crippen molar-refractivity contribution in [3.8, 4) is 0 Å². The molecule has 0 saturated carbocycles. The first kappa shape index (κ1) is 8.39. The van der Waals surface area contributed by atoms with Crippen molar-refractivity contribution in [1.82, 2.24) is 4.90 Å². The first-order chi connectivity index (χ1) is 4.97. The third kappa shape index (κ3) is 2.80. The van der Waals surface area contributed by atoms with Crippen molar-refractivity contribution < 1.29 is 17.9 Å². The van der Waals surface area contributed by atoms with Crippen LogP contribution in [0.4, 0.5) is 13.2 Å². The fraction of sp³-hybridized carbons (Fsp3) is 0.500. The van der Waals surface area contributed by atoms with E-state index in [-0.39, 0.29) is 5.76 Å². The summed E-state index contributed by atoms with van der Waals surface area (Å²) < 4.78 is 38.2. The molecule has 0 bridgehead atoms. The molecule has 0 saturated heterocycles. The average molecular weight is 166 g/mol. The largest absolute Gasteiger partial charge is 0.572 e. The number of halogens is 3. The highest BCUT2D eigenvalue weighted by molar-refractivity contribution is 5.12. The van der Waals surface area contributed by atoms with Gasteiger partial charge in [-0.15, -0.1) is 13.2 Å². The Kier molecular flexibility index (Phi) is 2.08. The molecule has 1 aliphatic heterocycles. The lowest BCUT2D eigenvalue weighted by Gasteiger charge is -2.10. The zero-order chi connectivity index (χ0) is 8.48. The molecule has 0 atom stereocenters. The van der Waals surface area contributed by atoms with Gasteiger partial charge in [0.2, 0.25) is 0 Å². The molecule has 0 unspecified atom stereocenters. The Morgan fingerprint density at radius 3 is 2.55 bits per heavy atom. The molecular weight excluding hydrogens is 159 g/mol. The lowest BCUT2D eigenvalue weighted by atomic mass is 10.5. The number of alkyl halides is 3. The van der Waals surface area contributed by atoms with Crippen LogP contribution >= 0.6 is 0 Å². The number of hydrogen-bond donors (Lipinski definition) is 0. The van der Waals surface area contributed by atoms with Crippen LogP contribution in [-0.2, 0) is 4.74 Å². The minimum atomic E-state index is -4.58. The van der Waals surface area contributed by atoms with Gasteiger partial charge in [-0.3, -0.25) is 4.90 Å². The van der Waals surface area contributed by atoms with Crippen LogP contribution in [0, 0.1) is 6.54 Å². The van der Waals surface area contributed by atoms with Crippen molar-refractivity contribution >= 4 is 0 Å². The Bertz CT molecular complexity index is 175. The SMILES string of the molecule is CN1[CH]C(OC(F)(F)F)=CC1. The highest BCUT2D eigenvalue weighted by Crippen LogP contribution is 2.24. The van der Waals surface area contributed by atoms with Gasteiger partial charge in [-0.1, -0.05) is 0 Å². The number of rotatable bonds is 1. The molecule has 0 aromatic rings. The molecule has 0 N–H and O–H groups in total. The van der Waals surface area contributed by atoms with E-state index in [2.05, 4.69) is 4.74 Å². The summed E-state index contributed by atoms with van der Waals surface area (Å²) in [5.41, 5.74) is 0. The zero-order valence-electron chi connectivity index (χ0n) is 5.85. The summed E-state index contributed by atoms with van der Waals surface area (Å²) in [6, 6.07) is 0. The van der Waals surface area contributed by atoms with Gasteiger partial charge in [0.05, 0.1) is 6.54 Å². The molecule has 2 nitrogen and oxygen atoms in total. The fourth-order valence-corrected chi connectivity index (χ4v) is 0.758. The normalized spacial score (nSPS) is 20.2. The number of ether oxygens (including phenoxy) is 1. The van der Waals surface area contributed by atoms with Crippen molar-refractivity contribution in [3.63, 3.8) is 0 Å². The van der Waals surface area contributed by atoms with E-state index in [4.69, 9.17) is 0 Å². The molecule has 1 heterocycles. The Hall–Kier alpha value is -0.710. The van der Waals surface area contributed by atoms with E-state index in [1.807, 2.05) is 0 Å². The van der Waals surface area contributed by atoms with Crippen LogP contribution in [0.3, 0.4) is 0 Å². The van der Waals surface area contributed by atoms with Gasteiger partial charge in [0.25, 0.3) is 0 Å². The van der Waals surface area contributed by atoms with Crippen molar-refractivity contribution in [2.24, 2.45) is 0 Å². The monoisotopic (exact) mass is 166 g/mol. The van der Waals surface area contributed by atoms with Crippen LogP contribution < -0.4 is 0 Å². The maximum absolute atomic E-state index is 11.5. The lowest BCUT2D eigenvalue weighted by molar-refractivity contribution is -0.304. The summed E-state index contributed by atoms with van der Waals surface area (Å²) in [5, 5.41) is 0. The molecule has 63 valence electrons. The average Bonchev–Trinajstić information content (AvgIpc) is 2.10. The van der Waals surface area contributed by atoms with E-state index >= 15 is 0 Å². The fourth-order valence-electron chi connectivity index (χ4n) is 0.758. The second kappa shape index (κ2) is 2.73. The topological polar surface area (TPSA) is 12.5 Å². The quantitative estimate of drug-likeness (QED) is 0.585. The van der Waals surface area contributed by atoms with Crippen LogP contribution in [0.2, 0.25) is 0 Å². The molecule has 5 heteroatoms. The molecule has 0 fully saturated rings. The van der Waals surface area contributed by atoms with Gasteiger partial charge in [-0.05, 0) is 13.1 Å². The van der Waals surface area contributed by atoms with Gasteiger partial charge in [-0.25, -0.2) is 0 Å². The molecule has 11 heavy (non-hydrogen) atoms. The van der Waals surface area contributed by atoms with Gasteiger partial charge < -0.3 is 4.74 Å². The summed E-state index contributed by atoms with van der Waals surface area (Å²) >= 11 is 0. The van der Waals surface area contributed by atoms with Crippen LogP contribution in [0.15, 0.2) is 11.8 Å². The molecule has 0 spiro atoms. The highest BCUT2D eigenvalue weighted by Gasteiger charge is 2.33. The van der Waals surface area contributed by atoms with Gasteiger partial charge >= 0.3 is 6.36 Å². The summed E-state index contributed by atoms with van der Waals surface area (Å²) in [7, 11) is 1.67. The van der Waals surface area contributed by atoms with E-state index < -0.39 is 6.36 Å². The van der Waals surface area contributed by atoms with Crippen molar-refractivity contribution in [3.05, 3.63) is 18.4 Å². The van der Waals surface area contributed by atoms with Crippen molar-refractivity contribution in [1.29, 1.82) is 0 Å². The Labute approximate surface area is 62.2 Å². The predicted octanol–water partition coefficient (Wildman–Crippen LogP) is 1.51. The standard InChI is InChI=1S/C6H7F3NO/c1-10-3-2-5(4-10)11-6(7,8)9/h2,4H,3H2,1H3. The maximum Gasteiger partial charge on any atom is 0.572 e. The minimum Gasteiger partial charge on any atom is -0.409 e. The Balaban J connectivity index is 2.40. The molecule has 1 rings (SSSR count). The lowest BCUT2D eigenvalue weighted by Crippen LogP contribution is -2.15. The minimum absolute atomic E-state index is 0.139. The molecule has 0 amide bonds. The van der Waals surface area contributed by atoms with Crippen LogP contribution in [0.5, 0.6) is 0 Å². The molecule has 0 aromatic heterocycles. The second-order valence-corrected chi connectivity index (χ2v) is 2.22. The van der Waals surface area contributed by atoms with Crippen LogP contribution in [0.25, 0.3) is 0 Å². The number of likely N-dealkylation sites (N-methyl/N-ethyl adjacent to an activating group) is 1. The van der Waals surface area contributed by atoms with Gasteiger partial charge in [-0.2, -0.15) is 0 Å². The van der Waals surface area contributed by atoms with E-state index in [0.29, 0.717) is 6.54 Å². The summed E-state index contributed by atoms with van der Waals surface area (Å²) in [4.78, 5) is 1.60. The highest BCUT2D eigenvalue weighted by atomic mass is 19.4. The Morgan fingerprint density at radius 1 is 1.55 bits per heavy atom. The van der Waals surface area contributed by atoms with Crippen molar-refractivity contribution in [2.75, 3.05) is 13.6 Å². The molecule has 1 aliphatic rings. The summed E-state index contributed by atoms with van der Waals surface area (Å²) in [5.74, 6) is -0.139. The molecule has 0 aromatic carbocycles. The number of nitrogens with zero attached hydrogens (tertiary/aromatic N) is 1. The predicted molar refractivity (Wildman–Crippen MR) is 32.2 cm³/mol. The third-order valence-electron chi connectivity index (χ3n) is 1.16. The number of hydrogen-bond acceptors (Lipinski definition) is 2. The van der Waals surface area contributed by atoms with E-state index in [1.54, 1.807) is 11.9 Å². The van der Waals surface area contributed by atoms with Gasteiger partial charge in [0, 0.05) is 6.54 Å². The van der Waals surface area contributed by atoms with E-state index in [1.165, 1.54) is 12.6 Å². The van der Waals surface area contributed by atoms with E-state index in [0.717, 1.165) is 0 Å². The first-order valence-electron chi connectivity index (χ1n) is 2.98. The van der Waals surface area contributed by atoms with Gasteiger partial charge in [0.15, 0.2) is 0 Å². The van der Waals surface area contributed by atoms with Gasteiger partial charge in [0.1, 0.15) is 5.76 Å². The Morgan fingerprint density at radius 2 is 2.18 bits per heavy atom. The van der Waals surface area contributed by atoms with Crippen LogP contribution in [0.1, 0.15) is 0 Å². The van der Waals surface area contributed by atoms with Crippen molar-refractivity contribution in [2.45, 2.75) is 6.36 Å². The maximum atomic E-state index is 11.5. The van der Waals surface area contributed by atoms with Crippen LogP contribution in [-0.4, -0.2) is 24.9 Å². The smallest absolute Gasteiger partial charge is 0.409 e. The van der Waals surface area contributed by atoms with E-state index in [9.17, 15) is 13.2 Å². The molecule has 0 aliphatic carbocycles. The first-order valence-corrected chi connectivity index (χ1v) is 2.98. The zero-order valence-corrected chi connectivity index (χ0v) is 5.85.